The first-order chi connectivity index (χ1) is 19.0. The van der Waals surface area contributed by atoms with E-state index in [1.54, 1.807) is 21.3 Å². The smallest absolute Gasteiger partial charge is 0.177 e. The summed E-state index contributed by atoms with van der Waals surface area (Å²) in [6.45, 7) is 1.55. The quantitative estimate of drug-likeness (QED) is 0.148. The molecule has 1 heterocycles. The third-order valence-corrected chi connectivity index (χ3v) is 6.48. The van der Waals surface area contributed by atoms with Crippen molar-refractivity contribution in [3.8, 4) is 46.1 Å². The van der Waals surface area contributed by atoms with Crippen molar-refractivity contribution in [1.82, 2.24) is 9.88 Å². The minimum absolute atomic E-state index is 0. The Morgan fingerprint density at radius 1 is 0.850 bits per heavy atom. The van der Waals surface area contributed by atoms with Gasteiger partial charge in [-0.2, -0.15) is 0 Å². The van der Waals surface area contributed by atoms with Crippen LogP contribution in [0.25, 0.3) is 22.2 Å². The van der Waals surface area contributed by atoms with E-state index < -0.39 is 0 Å². The van der Waals surface area contributed by atoms with E-state index in [2.05, 4.69) is 26.9 Å². The lowest BCUT2D eigenvalue weighted by Crippen LogP contribution is -2.19. The summed E-state index contributed by atoms with van der Waals surface area (Å²) in [5.41, 5.74) is 6.28. The van der Waals surface area contributed by atoms with Crippen molar-refractivity contribution >= 4 is 29.0 Å². The molecule has 0 bridgehead atoms. The highest BCUT2D eigenvalue weighted by Gasteiger charge is 2.32. The van der Waals surface area contributed by atoms with Crippen LogP contribution in [0.2, 0.25) is 0 Å². The summed E-state index contributed by atoms with van der Waals surface area (Å²) in [7, 11) is 8.93. The van der Waals surface area contributed by atoms with Crippen LogP contribution in [0.15, 0.2) is 59.8 Å². The number of likely N-dealkylation sites (N-methyl/N-ethyl adjacent to an activating group) is 1. The number of aromatic amines is 1. The molecule has 0 spiro atoms. The fourth-order valence-electron chi connectivity index (χ4n) is 4.51. The Morgan fingerprint density at radius 2 is 1.55 bits per heavy atom. The fourth-order valence-corrected chi connectivity index (χ4v) is 4.51. The number of fused-ring (bicyclic) bond motifs is 5. The number of ether oxygens (including phenoxy) is 4. The Hall–Kier alpha value is -4.32. The normalized spacial score (nSPS) is 12.3. The number of H-pyrrole nitrogens is 1. The number of hydrogen-bond acceptors (Lipinski definition) is 7. The number of halogens is 1. The van der Waals surface area contributed by atoms with Crippen LogP contribution in [-0.2, 0) is 4.84 Å². The van der Waals surface area contributed by atoms with Crippen LogP contribution in [0.1, 0.15) is 16.7 Å². The van der Waals surface area contributed by atoms with Gasteiger partial charge < -0.3 is 33.7 Å². The number of nitrogens with one attached hydrogen (secondary N) is 1. The summed E-state index contributed by atoms with van der Waals surface area (Å²) in [6.07, 6.45) is 0. The van der Waals surface area contributed by atoms with E-state index in [1.165, 1.54) is 0 Å². The molecule has 40 heavy (non-hydrogen) atoms. The molecule has 0 aliphatic heterocycles. The van der Waals surface area contributed by atoms with E-state index >= 15 is 0 Å². The molecule has 0 unspecified atom stereocenters. The summed E-state index contributed by atoms with van der Waals surface area (Å²) in [5, 5.41) is 5.56. The van der Waals surface area contributed by atoms with Crippen LogP contribution >= 0.6 is 12.4 Å². The summed E-state index contributed by atoms with van der Waals surface area (Å²) in [6, 6.07) is 17.5. The topological polar surface area (TPSA) is 77.5 Å². The predicted molar refractivity (Wildman–Crippen MR) is 160 cm³/mol. The summed E-state index contributed by atoms with van der Waals surface area (Å²) >= 11 is 0. The molecule has 4 aromatic rings. The standard InChI is InChI=1S/C31H31N3O5.ClH/c1-34(2)14-16-38-22-12-13-26-25(17-22)29-30(32-26)23-18-27(36-4)28(37-5)19-24(23)31(29)33-39-15-6-7-20-8-10-21(35-3)11-9-20;/h8-13,17-19,32H,14-16H2,1-5H3;1H. The van der Waals surface area contributed by atoms with Crippen molar-refractivity contribution < 1.29 is 23.8 Å². The van der Waals surface area contributed by atoms with Gasteiger partial charge in [-0.05, 0) is 68.7 Å². The Labute approximate surface area is 240 Å². The van der Waals surface area contributed by atoms with Crippen molar-refractivity contribution in [2.24, 2.45) is 5.16 Å². The van der Waals surface area contributed by atoms with Gasteiger partial charge in [-0.15, -0.1) is 12.4 Å². The largest absolute Gasteiger partial charge is 0.497 e. The van der Waals surface area contributed by atoms with Crippen LogP contribution in [0.3, 0.4) is 0 Å². The third kappa shape index (κ3) is 5.81. The maximum atomic E-state index is 6.02. The number of methoxy groups -OCH3 is 3. The molecule has 8 nitrogen and oxygen atoms in total. The molecule has 0 amide bonds. The molecule has 1 aliphatic carbocycles. The van der Waals surface area contributed by atoms with E-state index in [4.69, 9.17) is 23.8 Å². The van der Waals surface area contributed by atoms with Crippen molar-refractivity contribution in [2.45, 2.75) is 0 Å². The molecule has 0 saturated carbocycles. The van der Waals surface area contributed by atoms with Gasteiger partial charge in [0.2, 0.25) is 0 Å². The molecule has 1 aliphatic rings. The highest BCUT2D eigenvalue weighted by Crippen LogP contribution is 2.46. The molecular weight excluding hydrogens is 530 g/mol. The molecule has 0 radical (unpaired) electrons. The number of oxime groups is 1. The van der Waals surface area contributed by atoms with Gasteiger partial charge in [-0.25, -0.2) is 0 Å². The van der Waals surface area contributed by atoms with Gasteiger partial charge >= 0.3 is 0 Å². The van der Waals surface area contributed by atoms with E-state index in [0.29, 0.717) is 23.8 Å². The number of rotatable bonds is 9. The third-order valence-electron chi connectivity index (χ3n) is 6.48. The highest BCUT2D eigenvalue weighted by atomic mass is 35.5. The first-order valence-corrected chi connectivity index (χ1v) is 12.6. The predicted octanol–water partition coefficient (Wildman–Crippen LogP) is 5.36. The second-order valence-corrected chi connectivity index (χ2v) is 9.23. The van der Waals surface area contributed by atoms with Crippen LogP contribution in [0.5, 0.6) is 23.0 Å². The number of nitrogens with zero attached hydrogens (tertiary/aromatic N) is 2. The van der Waals surface area contributed by atoms with Crippen molar-refractivity contribution in [3.05, 3.63) is 71.3 Å². The Bertz CT molecular complexity index is 1580. The Balaban J connectivity index is 0.00000370. The molecule has 5 rings (SSSR count). The van der Waals surface area contributed by atoms with E-state index in [0.717, 1.165) is 56.9 Å². The van der Waals surface area contributed by atoms with E-state index in [-0.39, 0.29) is 19.0 Å². The zero-order valence-corrected chi connectivity index (χ0v) is 24.0. The van der Waals surface area contributed by atoms with Gasteiger partial charge in [-0.3, -0.25) is 0 Å². The second kappa shape index (κ2) is 12.7. The lowest BCUT2D eigenvalue weighted by atomic mass is 10.1. The Morgan fingerprint density at radius 3 is 2.23 bits per heavy atom. The molecule has 9 heteroatoms. The second-order valence-electron chi connectivity index (χ2n) is 9.23. The number of hydrogen-bond donors (Lipinski definition) is 1. The average molecular weight is 562 g/mol. The molecule has 3 aromatic carbocycles. The molecule has 0 fully saturated rings. The maximum absolute atomic E-state index is 6.02. The van der Waals surface area contributed by atoms with Crippen molar-refractivity contribution in [2.75, 3.05) is 55.2 Å². The molecule has 0 atom stereocenters. The summed E-state index contributed by atoms with van der Waals surface area (Å²) in [5.74, 6) is 8.96. The first kappa shape index (κ1) is 28.7. The first-order valence-electron chi connectivity index (χ1n) is 12.6. The fraction of sp³-hybridized carbons (Fsp3) is 0.258. The highest BCUT2D eigenvalue weighted by molar-refractivity contribution is 6.30. The van der Waals surface area contributed by atoms with Gasteiger partial charge in [0, 0.05) is 39.7 Å². The van der Waals surface area contributed by atoms with Crippen LogP contribution in [0, 0.1) is 11.8 Å². The minimum atomic E-state index is 0. The lowest BCUT2D eigenvalue weighted by molar-refractivity contribution is 0.180. The Kier molecular flexibility index (Phi) is 9.10. The van der Waals surface area contributed by atoms with Gasteiger partial charge in [-0.1, -0.05) is 17.0 Å². The van der Waals surface area contributed by atoms with Gasteiger partial charge in [0.1, 0.15) is 23.8 Å². The molecule has 208 valence electrons. The monoisotopic (exact) mass is 561 g/mol. The SMILES string of the molecule is COc1ccc(C#CCON=C2c3cc(OC)c(OC)cc3-c3[nH]c4ccc(OCCN(C)C)cc4c32)cc1.Cl. The van der Waals surface area contributed by atoms with Crippen molar-refractivity contribution in [3.63, 3.8) is 0 Å². The average Bonchev–Trinajstić information content (AvgIpc) is 3.46. The van der Waals surface area contributed by atoms with Crippen LogP contribution in [0.4, 0.5) is 0 Å². The molecule has 1 aromatic heterocycles. The molecule has 0 saturated heterocycles. The van der Waals surface area contributed by atoms with Crippen molar-refractivity contribution in [1.29, 1.82) is 0 Å². The van der Waals surface area contributed by atoms with Gasteiger partial charge in [0.05, 0.1) is 27.0 Å². The van der Waals surface area contributed by atoms with Gasteiger partial charge in [0.25, 0.3) is 0 Å². The molecule has 1 N–H and O–H groups in total. The van der Waals surface area contributed by atoms with Crippen LogP contribution < -0.4 is 18.9 Å². The summed E-state index contributed by atoms with van der Waals surface area (Å²) < 4.78 is 22.4. The summed E-state index contributed by atoms with van der Waals surface area (Å²) in [4.78, 5) is 11.4. The minimum Gasteiger partial charge on any atom is -0.497 e. The maximum Gasteiger partial charge on any atom is 0.177 e. The molecular formula is C31H32ClN3O5. The van der Waals surface area contributed by atoms with E-state index in [9.17, 15) is 0 Å². The number of aromatic nitrogens is 1. The van der Waals surface area contributed by atoms with Crippen LogP contribution in [-0.4, -0.2) is 70.8 Å². The zero-order valence-electron chi connectivity index (χ0n) is 23.2. The van der Waals surface area contributed by atoms with Gasteiger partial charge in [0.15, 0.2) is 18.1 Å². The zero-order chi connectivity index (χ0) is 27.4. The number of benzene rings is 3. The lowest BCUT2D eigenvalue weighted by Gasteiger charge is -2.12. The van der Waals surface area contributed by atoms with E-state index in [1.807, 2.05) is 68.7 Å².